The number of benzene rings is 2. The fourth-order valence-electron chi connectivity index (χ4n) is 2.88. The summed E-state index contributed by atoms with van der Waals surface area (Å²) < 4.78 is 13.1. The van der Waals surface area contributed by atoms with E-state index in [0.29, 0.717) is 30.1 Å². The molecule has 0 unspecified atom stereocenters. The predicted octanol–water partition coefficient (Wildman–Crippen LogP) is 3.97. The third-order valence-corrected chi connectivity index (χ3v) is 4.52. The lowest BCUT2D eigenvalue weighted by Gasteiger charge is -2.30. The number of hydrogen-bond donors (Lipinski definition) is 1. The van der Waals surface area contributed by atoms with Crippen molar-refractivity contribution in [3.63, 3.8) is 0 Å². The zero-order valence-electron chi connectivity index (χ0n) is 15.5. The van der Waals surface area contributed by atoms with Crippen molar-refractivity contribution in [2.75, 3.05) is 6.54 Å². The van der Waals surface area contributed by atoms with Gasteiger partial charge in [-0.2, -0.15) is 0 Å². The average Bonchev–Trinajstić information content (AvgIpc) is 2.65. The Morgan fingerprint density at radius 2 is 1.63 bits per heavy atom. The van der Waals surface area contributed by atoms with Crippen molar-refractivity contribution in [3.05, 3.63) is 70.5 Å². The maximum Gasteiger partial charge on any atom is 0.242 e. The van der Waals surface area contributed by atoms with E-state index in [0.717, 1.165) is 5.56 Å². The number of nitrogens with zero attached hydrogens (tertiary/aromatic N) is 1. The topological polar surface area (TPSA) is 49.4 Å². The van der Waals surface area contributed by atoms with Crippen LogP contribution in [0.3, 0.4) is 0 Å². The minimum atomic E-state index is -0.575. The largest absolute Gasteiger partial charge is 0.355 e. The molecule has 0 aliphatic rings. The molecule has 1 atom stereocenters. The van der Waals surface area contributed by atoms with Crippen molar-refractivity contribution in [1.82, 2.24) is 10.2 Å². The molecular weight excluding hydrogens is 367 g/mol. The summed E-state index contributed by atoms with van der Waals surface area (Å²) in [4.78, 5) is 27.1. The molecule has 0 aromatic heterocycles. The highest BCUT2D eigenvalue weighted by Gasteiger charge is 2.28. The molecule has 0 saturated carbocycles. The standard InChI is InChI=1S/C21H24ClFN2O2/c1-3-19(21(27)24-4-2)25(14-16-5-9-17(22)10-6-16)20(26)13-15-7-11-18(23)12-8-15/h5-12,19H,3-4,13-14H2,1-2H3,(H,24,27)/t19-/m0/s1. The fourth-order valence-corrected chi connectivity index (χ4v) is 3.00. The third kappa shape index (κ3) is 6.07. The van der Waals surface area contributed by atoms with E-state index in [1.807, 2.05) is 26.0 Å². The summed E-state index contributed by atoms with van der Waals surface area (Å²) in [6.45, 7) is 4.51. The maximum atomic E-state index is 13.1. The lowest BCUT2D eigenvalue weighted by atomic mass is 10.1. The molecule has 0 bridgehead atoms. The van der Waals surface area contributed by atoms with E-state index < -0.39 is 6.04 Å². The van der Waals surface area contributed by atoms with Gasteiger partial charge in [-0.3, -0.25) is 9.59 Å². The molecule has 0 aliphatic heterocycles. The smallest absolute Gasteiger partial charge is 0.242 e. The van der Waals surface area contributed by atoms with Crippen molar-refractivity contribution in [1.29, 1.82) is 0 Å². The summed E-state index contributed by atoms with van der Waals surface area (Å²) in [5.41, 5.74) is 1.59. The van der Waals surface area contributed by atoms with Crippen LogP contribution < -0.4 is 5.32 Å². The minimum absolute atomic E-state index is 0.101. The summed E-state index contributed by atoms with van der Waals surface area (Å²) >= 11 is 5.94. The molecule has 0 heterocycles. The lowest BCUT2D eigenvalue weighted by molar-refractivity contribution is -0.140. The van der Waals surface area contributed by atoms with Gasteiger partial charge in [0.25, 0.3) is 0 Å². The van der Waals surface area contributed by atoms with Crippen LogP contribution >= 0.6 is 11.6 Å². The van der Waals surface area contributed by atoms with Crippen molar-refractivity contribution < 1.29 is 14.0 Å². The van der Waals surface area contributed by atoms with Crippen LogP contribution in [0.5, 0.6) is 0 Å². The summed E-state index contributed by atoms with van der Waals surface area (Å²) in [6, 6.07) is 12.4. The van der Waals surface area contributed by atoms with E-state index >= 15 is 0 Å². The SMILES string of the molecule is CCNC(=O)[C@H](CC)N(Cc1ccc(Cl)cc1)C(=O)Cc1ccc(F)cc1. The van der Waals surface area contributed by atoms with Crippen LogP contribution in [0.15, 0.2) is 48.5 Å². The highest BCUT2D eigenvalue weighted by molar-refractivity contribution is 6.30. The van der Waals surface area contributed by atoms with Gasteiger partial charge in [0.2, 0.25) is 11.8 Å². The quantitative estimate of drug-likeness (QED) is 0.741. The molecule has 0 saturated heterocycles. The first-order chi connectivity index (χ1) is 12.9. The van der Waals surface area contributed by atoms with Gasteiger partial charge in [-0.25, -0.2) is 4.39 Å². The van der Waals surface area contributed by atoms with Gasteiger partial charge in [0.15, 0.2) is 0 Å². The first-order valence-electron chi connectivity index (χ1n) is 9.00. The second kappa shape index (κ2) is 10.1. The van der Waals surface area contributed by atoms with E-state index in [-0.39, 0.29) is 24.1 Å². The van der Waals surface area contributed by atoms with Crippen LogP contribution in [0.4, 0.5) is 4.39 Å². The van der Waals surface area contributed by atoms with Crippen LogP contribution in [0.1, 0.15) is 31.4 Å². The van der Waals surface area contributed by atoms with Gasteiger partial charge in [0, 0.05) is 18.1 Å². The number of nitrogens with one attached hydrogen (secondary N) is 1. The third-order valence-electron chi connectivity index (χ3n) is 4.27. The molecule has 0 radical (unpaired) electrons. The minimum Gasteiger partial charge on any atom is -0.355 e. The van der Waals surface area contributed by atoms with Crippen molar-refractivity contribution >= 4 is 23.4 Å². The van der Waals surface area contributed by atoms with Crippen molar-refractivity contribution in [3.8, 4) is 0 Å². The van der Waals surface area contributed by atoms with E-state index in [4.69, 9.17) is 11.6 Å². The predicted molar refractivity (Wildman–Crippen MR) is 105 cm³/mol. The Morgan fingerprint density at radius 1 is 1.04 bits per heavy atom. The maximum absolute atomic E-state index is 13.1. The molecule has 0 fully saturated rings. The van der Waals surface area contributed by atoms with Crippen LogP contribution in [0.25, 0.3) is 0 Å². The van der Waals surface area contributed by atoms with E-state index in [1.165, 1.54) is 12.1 Å². The molecule has 4 nitrogen and oxygen atoms in total. The second-order valence-electron chi connectivity index (χ2n) is 6.27. The van der Waals surface area contributed by atoms with Crippen LogP contribution in [0.2, 0.25) is 5.02 Å². The zero-order valence-corrected chi connectivity index (χ0v) is 16.3. The van der Waals surface area contributed by atoms with Gasteiger partial charge in [-0.1, -0.05) is 42.8 Å². The first-order valence-corrected chi connectivity index (χ1v) is 9.38. The molecule has 0 spiro atoms. The Labute approximate surface area is 164 Å². The lowest BCUT2D eigenvalue weighted by Crippen LogP contribution is -2.49. The normalized spacial score (nSPS) is 11.7. The number of carbonyl (C=O) groups is 2. The monoisotopic (exact) mass is 390 g/mol. The Balaban J connectivity index is 2.25. The van der Waals surface area contributed by atoms with Gasteiger partial charge in [0.1, 0.15) is 11.9 Å². The molecule has 2 aromatic carbocycles. The number of halogens is 2. The van der Waals surface area contributed by atoms with Gasteiger partial charge in [-0.15, -0.1) is 0 Å². The zero-order chi connectivity index (χ0) is 19.8. The van der Waals surface area contributed by atoms with Crippen molar-refractivity contribution in [2.45, 2.75) is 39.3 Å². The Bertz CT molecular complexity index is 763. The number of hydrogen-bond acceptors (Lipinski definition) is 2. The second-order valence-corrected chi connectivity index (χ2v) is 6.71. The molecule has 2 aromatic rings. The first kappa shape index (κ1) is 20.9. The molecule has 2 amide bonds. The van der Waals surface area contributed by atoms with Gasteiger partial charge in [-0.05, 0) is 48.7 Å². The summed E-state index contributed by atoms with van der Waals surface area (Å²) in [5.74, 6) is -0.714. The molecule has 6 heteroatoms. The van der Waals surface area contributed by atoms with E-state index in [2.05, 4.69) is 5.32 Å². The fraction of sp³-hybridized carbons (Fsp3) is 0.333. The van der Waals surface area contributed by atoms with Crippen LogP contribution in [-0.2, 0) is 22.6 Å². The van der Waals surface area contributed by atoms with E-state index in [1.54, 1.807) is 29.2 Å². The van der Waals surface area contributed by atoms with Gasteiger partial charge < -0.3 is 10.2 Å². The average molecular weight is 391 g/mol. The highest BCUT2D eigenvalue weighted by Crippen LogP contribution is 2.17. The van der Waals surface area contributed by atoms with Gasteiger partial charge in [0.05, 0.1) is 6.42 Å². The van der Waals surface area contributed by atoms with Crippen LogP contribution in [-0.4, -0.2) is 29.3 Å². The summed E-state index contributed by atoms with van der Waals surface area (Å²) in [6.07, 6.45) is 0.596. The number of rotatable bonds is 8. The number of amides is 2. The number of carbonyl (C=O) groups excluding carboxylic acids is 2. The molecule has 144 valence electrons. The summed E-state index contributed by atoms with van der Waals surface area (Å²) in [5, 5.41) is 3.40. The van der Waals surface area contributed by atoms with Gasteiger partial charge >= 0.3 is 0 Å². The Hall–Kier alpha value is -2.40. The Kier molecular flexibility index (Phi) is 7.80. The molecule has 27 heavy (non-hydrogen) atoms. The number of likely N-dealkylation sites (N-methyl/N-ethyl adjacent to an activating group) is 1. The Morgan fingerprint density at radius 3 is 2.19 bits per heavy atom. The molecular formula is C21H24ClFN2O2. The van der Waals surface area contributed by atoms with Crippen LogP contribution in [0, 0.1) is 5.82 Å². The van der Waals surface area contributed by atoms with E-state index in [9.17, 15) is 14.0 Å². The summed E-state index contributed by atoms with van der Waals surface area (Å²) in [7, 11) is 0. The molecule has 0 aliphatic carbocycles. The molecule has 1 N–H and O–H groups in total. The molecule has 2 rings (SSSR count). The van der Waals surface area contributed by atoms with Crippen molar-refractivity contribution in [2.24, 2.45) is 0 Å². The highest BCUT2D eigenvalue weighted by atomic mass is 35.5.